The average Bonchev–Trinajstić information content (AvgIpc) is 2.43. The van der Waals surface area contributed by atoms with Crippen LogP contribution >= 0.6 is 34.8 Å². The van der Waals surface area contributed by atoms with Crippen LogP contribution < -0.4 is 5.43 Å². The van der Waals surface area contributed by atoms with Crippen molar-refractivity contribution >= 4 is 52.4 Å². The molecular weight excluding hydrogens is 356 g/mol. The van der Waals surface area contributed by atoms with Crippen molar-refractivity contribution in [3.05, 3.63) is 66.9 Å². The number of benzene rings is 2. The molecule has 0 radical (unpaired) electrons. The number of nitro groups is 1. The molecule has 0 fully saturated rings. The predicted molar refractivity (Wildman–Crippen MR) is 85.7 cm³/mol. The lowest BCUT2D eigenvalue weighted by atomic mass is 10.2. The molecule has 2 rings (SSSR count). The fourth-order valence-electron chi connectivity index (χ4n) is 1.56. The van der Waals surface area contributed by atoms with Crippen molar-refractivity contribution in [1.82, 2.24) is 0 Å². The summed E-state index contributed by atoms with van der Waals surface area (Å²) in [4.78, 5) is 10.0. The van der Waals surface area contributed by atoms with Crippen molar-refractivity contribution < 1.29 is 9.31 Å². The number of hydrogen-bond acceptors (Lipinski definition) is 4. The van der Waals surface area contributed by atoms with Gasteiger partial charge in [-0.05, 0) is 18.2 Å². The third-order valence-corrected chi connectivity index (χ3v) is 3.39. The summed E-state index contributed by atoms with van der Waals surface area (Å²) < 4.78 is 13.6. The van der Waals surface area contributed by atoms with Gasteiger partial charge in [-0.15, -0.1) is 0 Å². The summed E-state index contributed by atoms with van der Waals surface area (Å²) in [6.07, 6.45) is 1.09. The first kappa shape index (κ1) is 16.5. The molecule has 0 saturated carbocycles. The molecule has 0 heterocycles. The summed E-state index contributed by atoms with van der Waals surface area (Å²) in [5.74, 6) is -0.649. The highest BCUT2D eigenvalue weighted by atomic mass is 35.5. The van der Waals surface area contributed by atoms with E-state index in [1.54, 1.807) is 0 Å². The maximum Gasteiger partial charge on any atom is 0.270 e. The highest BCUT2D eigenvalue weighted by Gasteiger charge is 2.10. The van der Waals surface area contributed by atoms with Gasteiger partial charge in [0.2, 0.25) is 0 Å². The van der Waals surface area contributed by atoms with Crippen LogP contribution in [0.15, 0.2) is 35.4 Å². The van der Waals surface area contributed by atoms with E-state index < -0.39 is 10.7 Å². The quantitative estimate of drug-likeness (QED) is 0.465. The highest BCUT2D eigenvalue weighted by Crippen LogP contribution is 2.33. The number of non-ortho nitro benzene ring substituents is 1. The first-order chi connectivity index (χ1) is 10.4. The minimum absolute atomic E-state index is 0.0529. The van der Waals surface area contributed by atoms with Gasteiger partial charge in [0.15, 0.2) is 0 Å². The van der Waals surface area contributed by atoms with E-state index in [1.807, 2.05) is 0 Å². The summed E-state index contributed by atoms with van der Waals surface area (Å²) >= 11 is 17.7. The van der Waals surface area contributed by atoms with Crippen LogP contribution in [0.1, 0.15) is 5.56 Å². The molecule has 0 saturated heterocycles. The van der Waals surface area contributed by atoms with Crippen molar-refractivity contribution in [2.45, 2.75) is 0 Å². The summed E-state index contributed by atoms with van der Waals surface area (Å²) in [6.45, 7) is 0. The fraction of sp³-hybridized carbons (Fsp3) is 0. The van der Waals surface area contributed by atoms with Crippen molar-refractivity contribution in [2.75, 3.05) is 5.43 Å². The topological polar surface area (TPSA) is 67.5 Å². The van der Waals surface area contributed by atoms with Gasteiger partial charge in [-0.1, -0.05) is 34.8 Å². The monoisotopic (exact) mass is 361 g/mol. The molecular formula is C13H7Cl3FN3O2. The van der Waals surface area contributed by atoms with Crippen LogP contribution in [0.4, 0.5) is 15.8 Å². The number of nitrogens with zero attached hydrogens (tertiary/aromatic N) is 2. The van der Waals surface area contributed by atoms with Gasteiger partial charge in [0.25, 0.3) is 5.69 Å². The molecule has 0 amide bonds. The van der Waals surface area contributed by atoms with Crippen LogP contribution in [0.25, 0.3) is 0 Å². The summed E-state index contributed by atoms with van der Waals surface area (Å²) in [5, 5.41) is 15.2. The second kappa shape index (κ2) is 6.91. The Bertz CT molecular complexity index is 745. The number of nitrogens with one attached hydrogen (secondary N) is 1. The normalized spacial score (nSPS) is 10.9. The number of nitro benzene ring substituents is 1. The Kier molecular flexibility index (Phi) is 5.18. The van der Waals surface area contributed by atoms with Crippen molar-refractivity contribution in [3.8, 4) is 0 Å². The van der Waals surface area contributed by atoms with E-state index in [0.717, 1.165) is 24.4 Å². The van der Waals surface area contributed by atoms with Gasteiger partial charge in [0.1, 0.15) is 5.82 Å². The van der Waals surface area contributed by atoms with Gasteiger partial charge < -0.3 is 0 Å². The SMILES string of the molecule is O=[N+]([O-])c1ccc(F)c(/C=N/Nc2c(Cl)cc(Cl)cc2Cl)c1. The van der Waals surface area contributed by atoms with Crippen molar-refractivity contribution in [2.24, 2.45) is 5.10 Å². The van der Waals surface area contributed by atoms with Gasteiger partial charge in [0.05, 0.1) is 26.9 Å². The zero-order valence-electron chi connectivity index (χ0n) is 10.7. The van der Waals surface area contributed by atoms with Crippen LogP contribution in [-0.2, 0) is 0 Å². The standard InChI is InChI=1S/C13H7Cl3FN3O2/c14-8-4-10(15)13(11(16)5-8)19-18-6-7-3-9(20(21)22)1-2-12(7)17/h1-6,19H/b18-6+. The van der Waals surface area contributed by atoms with Crippen LogP contribution in [0.2, 0.25) is 15.1 Å². The fourth-order valence-corrected chi connectivity index (χ4v) is 2.46. The Balaban J connectivity index is 2.23. The Labute approximate surface area is 139 Å². The molecule has 2 aromatic rings. The van der Waals surface area contributed by atoms with Crippen LogP contribution in [0.3, 0.4) is 0 Å². The molecule has 0 aromatic heterocycles. The molecule has 0 unspecified atom stereocenters. The summed E-state index contributed by atoms with van der Waals surface area (Å²) in [6, 6.07) is 6.03. The van der Waals surface area contributed by atoms with Gasteiger partial charge in [-0.3, -0.25) is 15.5 Å². The number of hydrazone groups is 1. The van der Waals surface area contributed by atoms with E-state index in [0.29, 0.717) is 5.02 Å². The minimum atomic E-state index is -0.649. The molecule has 5 nitrogen and oxygen atoms in total. The molecule has 0 aliphatic heterocycles. The Hall–Kier alpha value is -1.89. The number of hydrogen-bond donors (Lipinski definition) is 1. The Morgan fingerprint density at radius 3 is 2.41 bits per heavy atom. The predicted octanol–water partition coefficient (Wildman–Crippen LogP) is 5.14. The average molecular weight is 363 g/mol. The molecule has 22 heavy (non-hydrogen) atoms. The van der Waals surface area contributed by atoms with E-state index in [4.69, 9.17) is 34.8 Å². The van der Waals surface area contributed by atoms with E-state index >= 15 is 0 Å². The third-order valence-electron chi connectivity index (χ3n) is 2.58. The van der Waals surface area contributed by atoms with E-state index in [9.17, 15) is 14.5 Å². The summed E-state index contributed by atoms with van der Waals surface area (Å²) in [5.41, 5.74) is 2.53. The molecule has 2 aromatic carbocycles. The highest BCUT2D eigenvalue weighted by molar-refractivity contribution is 6.41. The lowest BCUT2D eigenvalue weighted by Gasteiger charge is -2.06. The minimum Gasteiger partial charge on any atom is -0.275 e. The molecule has 0 aliphatic carbocycles. The molecule has 1 N–H and O–H groups in total. The number of rotatable bonds is 4. The summed E-state index contributed by atoms with van der Waals surface area (Å²) in [7, 11) is 0. The first-order valence-electron chi connectivity index (χ1n) is 5.76. The van der Waals surface area contributed by atoms with Crippen molar-refractivity contribution in [3.63, 3.8) is 0 Å². The van der Waals surface area contributed by atoms with Crippen LogP contribution in [0.5, 0.6) is 0 Å². The van der Waals surface area contributed by atoms with E-state index in [1.165, 1.54) is 12.1 Å². The van der Waals surface area contributed by atoms with Crippen molar-refractivity contribution in [1.29, 1.82) is 0 Å². The zero-order valence-corrected chi connectivity index (χ0v) is 13.0. The maximum atomic E-state index is 13.6. The molecule has 9 heteroatoms. The lowest BCUT2D eigenvalue weighted by Crippen LogP contribution is -1.96. The second-order valence-corrected chi connectivity index (χ2v) is 5.33. The molecule has 0 aliphatic rings. The Morgan fingerprint density at radius 2 is 1.82 bits per heavy atom. The first-order valence-corrected chi connectivity index (χ1v) is 6.89. The van der Waals surface area contributed by atoms with Crippen LogP contribution in [0, 0.1) is 15.9 Å². The molecule has 0 atom stereocenters. The van der Waals surface area contributed by atoms with E-state index in [2.05, 4.69) is 10.5 Å². The van der Waals surface area contributed by atoms with Crippen LogP contribution in [-0.4, -0.2) is 11.1 Å². The number of anilines is 1. The van der Waals surface area contributed by atoms with E-state index in [-0.39, 0.29) is 27.0 Å². The van der Waals surface area contributed by atoms with Gasteiger partial charge in [-0.25, -0.2) is 4.39 Å². The molecule has 0 spiro atoms. The Morgan fingerprint density at radius 1 is 1.18 bits per heavy atom. The zero-order chi connectivity index (χ0) is 16.3. The van der Waals surface area contributed by atoms with Gasteiger partial charge in [-0.2, -0.15) is 5.10 Å². The maximum absolute atomic E-state index is 13.6. The number of halogens is 4. The second-order valence-electron chi connectivity index (χ2n) is 4.08. The lowest BCUT2D eigenvalue weighted by molar-refractivity contribution is -0.384. The molecule has 0 bridgehead atoms. The third kappa shape index (κ3) is 3.85. The van der Waals surface area contributed by atoms with Gasteiger partial charge in [0, 0.05) is 22.7 Å². The van der Waals surface area contributed by atoms with Gasteiger partial charge >= 0.3 is 0 Å². The smallest absolute Gasteiger partial charge is 0.270 e. The largest absolute Gasteiger partial charge is 0.275 e. The molecule has 114 valence electrons.